The van der Waals surface area contributed by atoms with Gasteiger partial charge < -0.3 is 9.47 Å². The zero-order chi connectivity index (χ0) is 24.3. The molecule has 0 aliphatic carbocycles. The Balaban J connectivity index is 1.84. The Labute approximate surface area is 197 Å². The van der Waals surface area contributed by atoms with E-state index in [-0.39, 0.29) is 11.3 Å². The Bertz CT molecular complexity index is 1410. The Hall–Kier alpha value is -3.12. The number of hydrogen-bond acceptors (Lipinski definition) is 4. The Morgan fingerprint density at radius 1 is 1.06 bits per heavy atom. The van der Waals surface area contributed by atoms with Gasteiger partial charge in [0.05, 0.1) is 29.8 Å². The van der Waals surface area contributed by atoms with Crippen LogP contribution in [-0.4, -0.2) is 22.2 Å². The number of hydrogen-bond donors (Lipinski definition) is 0. The van der Waals surface area contributed by atoms with Gasteiger partial charge >= 0.3 is 0 Å². The molecule has 0 N–H and O–H groups in total. The van der Waals surface area contributed by atoms with Crippen molar-refractivity contribution >= 4 is 21.8 Å². The molecular weight excluding hydrogens is 434 g/mol. The lowest BCUT2D eigenvalue weighted by atomic mass is 9.89. The molecule has 0 spiro atoms. The van der Waals surface area contributed by atoms with Crippen LogP contribution in [0.25, 0.3) is 32.9 Å². The van der Waals surface area contributed by atoms with Crippen molar-refractivity contribution in [3.8, 4) is 16.9 Å². The monoisotopic (exact) mass is 462 g/mol. The number of halogens is 2. The first-order chi connectivity index (χ1) is 16.0. The lowest BCUT2D eigenvalue weighted by Crippen LogP contribution is -2.19. The number of rotatable bonds is 4. The van der Waals surface area contributed by atoms with Crippen molar-refractivity contribution in [2.75, 3.05) is 6.61 Å². The van der Waals surface area contributed by atoms with Gasteiger partial charge in [-0.15, -0.1) is 0 Å². The Morgan fingerprint density at radius 3 is 2.59 bits per heavy atom. The normalized spacial score (nSPS) is 14.0. The van der Waals surface area contributed by atoms with Gasteiger partial charge in [-0.3, -0.25) is 4.98 Å². The Kier molecular flexibility index (Phi) is 5.32. The highest BCUT2D eigenvalue weighted by atomic mass is 19.3. The molecule has 4 nitrogen and oxygen atoms in total. The van der Waals surface area contributed by atoms with Gasteiger partial charge in [0.15, 0.2) is 0 Å². The zero-order valence-electron chi connectivity index (χ0n) is 20.1. The maximum atomic E-state index is 14.1. The summed E-state index contributed by atoms with van der Waals surface area (Å²) in [5.74, 6) is -2.20. The topological polar surface area (TPSA) is 44.2 Å². The molecule has 3 heterocycles. The number of nitrogens with zero attached hydrogens (tertiary/aromatic N) is 2. The molecule has 0 atom stereocenters. The van der Waals surface area contributed by atoms with Crippen molar-refractivity contribution in [1.82, 2.24) is 9.97 Å². The van der Waals surface area contributed by atoms with Gasteiger partial charge in [-0.05, 0) is 80.3 Å². The molecule has 1 aliphatic heterocycles. The summed E-state index contributed by atoms with van der Waals surface area (Å²) < 4.78 is 40.3. The smallest absolute Gasteiger partial charge is 0.286 e. The first-order valence-corrected chi connectivity index (χ1v) is 11.5. The molecular formula is C28H28F2N2O2. The summed E-state index contributed by atoms with van der Waals surface area (Å²) in [6, 6.07) is 11.1. The molecule has 2 aromatic heterocycles. The summed E-state index contributed by atoms with van der Waals surface area (Å²) >= 11 is 0. The van der Waals surface area contributed by atoms with Crippen molar-refractivity contribution in [3.63, 3.8) is 0 Å². The fourth-order valence-electron chi connectivity index (χ4n) is 4.58. The van der Waals surface area contributed by atoms with E-state index in [1.165, 1.54) is 11.6 Å². The molecule has 2 aromatic carbocycles. The summed E-state index contributed by atoms with van der Waals surface area (Å²) in [6.45, 7) is 9.92. The number of fused-ring (bicyclic) bond motifs is 1. The van der Waals surface area contributed by atoms with E-state index in [9.17, 15) is 8.78 Å². The van der Waals surface area contributed by atoms with E-state index in [1.54, 1.807) is 6.07 Å². The number of alkyl halides is 2. The fraction of sp³-hybridized carbons (Fsp3) is 0.357. The van der Waals surface area contributed by atoms with Gasteiger partial charge in [-0.1, -0.05) is 6.07 Å². The molecule has 0 amide bonds. The molecule has 0 radical (unpaired) electrons. The quantitative estimate of drug-likeness (QED) is 0.324. The summed E-state index contributed by atoms with van der Waals surface area (Å²) in [7, 11) is 0. The molecule has 6 heteroatoms. The highest BCUT2D eigenvalue weighted by Crippen LogP contribution is 2.42. The zero-order valence-corrected chi connectivity index (χ0v) is 20.1. The van der Waals surface area contributed by atoms with E-state index in [2.05, 4.69) is 4.98 Å². The van der Waals surface area contributed by atoms with Gasteiger partial charge in [0.2, 0.25) is 0 Å². The molecule has 0 saturated heterocycles. The average molecular weight is 463 g/mol. The van der Waals surface area contributed by atoms with Crippen LogP contribution in [0.4, 0.5) is 8.78 Å². The third-order valence-electron chi connectivity index (χ3n) is 6.26. The van der Waals surface area contributed by atoms with Crippen LogP contribution in [0.5, 0.6) is 5.75 Å². The minimum atomic E-state index is -3.02. The molecule has 0 saturated carbocycles. The first-order valence-electron chi connectivity index (χ1n) is 11.5. The lowest BCUT2D eigenvalue weighted by molar-refractivity contribution is -0.0149. The summed E-state index contributed by atoms with van der Waals surface area (Å²) in [4.78, 5) is 9.09. The van der Waals surface area contributed by atoms with Crippen LogP contribution in [0.1, 0.15) is 50.1 Å². The number of aromatic nitrogens is 2. The molecule has 0 unspecified atom stereocenters. The van der Waals surface area contributed by atoms with Crippen molar-refractivity contribution in [1.29, 1.82) is 0 Å². The fourth-order valence-corrected chi connectivity index (χ4v) is 4.58. The van der Waals surface area contributed by atoms with Crippen molar-refractivity contribution in [3.05, 3.63) is 65.0 Å². The van der Waals surface area contributed by atoms with Crippen LogP contribution >= 0.6 is 0 Å². The number of pyridine rings is 2. The van der Waals surface area contributed by atoms with Crippen molar-refractivity contribution < 1.29 is 18.3 Å². The highest BCUT2D eigenvalue weighted by Gasteiger charge is 2.28. The lowest BCUT2D eigenvalue weighted by Gasteiger charge is -2.24. The third-order valence-corrected chi connectivity index (χ3v) is 6.26. The number of ether oxygens (including phenoxy) is 2. The van der Waals surface area contributed by atoms with E-state index in [0.717, 1.165) is 57.6 Å². The van der Waals surface area contributed by atoms with Crippen molar-refractivity contribution in [2.45, 2.75) is 59.2 Å². The maximum absolute atomic E-state index is 14.1. The van der Waals surface area contributed by atoms with Crippen LogP contribution in [0.2, 0.25) is 0 Å². The maximum Gasteiger partial charge on any atom is 0.286 e. The molecule has 0 fully saturated rings. The molecule has 34 heavy (non-hydrogen) atoms. The second-order valence-corrected chi connectivity index (χ2v) is 10.0. The minimum absolute atomic E-state index is 0.243. The van der Waals surface area contributed by atoms with E-state index in [4.69, 9.17) is 14.5 Å². The van der Waals surface area contributed by atoms with Crippen LogP contribution in [-0.2, 0) is 23.7 Å². The molecule has 0 bridgehead atoms. The highest BCUT2D eigenvalue weighted by molar-refractivity contribution is 6.07. The largest absolute Gasteiger partial charge is 0.493 e. The van der Waals surface area contributed by atoms with Crippen molar-refractivity contribution in [2.24, 2.45) is 0 Å². The van der Waals surface area contributed by atoms with Crippen LogP contribution in [0, 0.1) is 6.92 Å². The third kappa shape index (κ3) is 4.00. The first kappa shape index (κ1) is 22.7. The van der Waals surface area contributed by atoms with Crippen LogP contribution < -0.4 is 4.74 Å². The van der Waals surface area contributed by atoms with Gasteiger partial charge in [-0.2, -0.15) is 8.78 Å². The van der Waals surface area contributed by atoms with E-state index in [1.807, 2.05) is 58.2 Å². The van der Waals surface area contributed by atoms with Gasteiger partial charge in [0.1, 0.15) is 11.4 Å². The molecule has 1 aliphatic rings. The Morgan fingerprint density at radius 2 is 1.85 bits per heavy atom. The van der Waals surface area contributed by atoms with E-state index in [0.29, 0.717) is 18.7 Å². The summed E-state index contributed by atoms with van der Waals surface area (Å²) in [6.07, 6.45) is 2.65. The average Bonchev–Trinajstić information content (AvgIpc) is 2.77. The van der Waals surface area contributed by atoms with Gasteiger partial charge in [0, 0.05) is 35.9 Å². The predicted octanol–water partition coefficient (Wildman–Crippen LogP) is 7.12. The van der Waals surface area contributed by atoms with E-state index >= 15 is 0 Å². The number of aryl methyl sites for hydroxylation is 1. The minimum Gasteiger partial charge on any atom is -0.493 e. The van der Waals surface area contributed by atoms with Gasteiger partial charge in [0.25, 0.3) is 5.92 Å². The standard InChI is InChI=1S/C28H28F2N2O2/c1-16-14-21-18(7-9-23(32-21)28(5,29)30)25(20(16)15-34-27(2,3)4)19-6-8-22-24-17(11-13-33-22)10-12-31-26(19)24/h6-10,12,14H,11,13,15H2,1-5H3. The predicted molar refractivity (Wildman–Crippen MR) is 131 cm³/mol. The summed E-state index contributed by atoms with van der Waals surface area (Å²) in [5.41, 5.74) is 5.76. The molecule has 176 valence electrons. The van der Waals surface area contributed by atoms with Gasteiger partial charge in [-0.25, -0.2) is 4.98 Å². The summed E-state index contributed by atoms with van der Waals surface area (Å²) in [5, 5.41) is 1.80. The molecule has 5 rings (SSSR count). The molecule has 4 aromatic rings. The number of benzene rings is 2. The SMILES string of the molecule is Cc1cc2nc(C(C)(F)F)ccc2c(-c2ccc3c4c(ccnc24)CCO3)c1COC(C)(C)C. The second kappa shape index (κ2) is 7.98. The van der Waals surface area contributed by atoms with E-state index < -0.39 is 5.92 Å². The van der Waals surface area contributed by atoms with Crippen LogP contribution in [0.15, 0.2) is 42.6 Å². The van der Waals surface area contributed by atoms with Crippen LogP contribution in [0.3, 0.4) is 0 Å². The second-order valence-electron chi connectivity index (χ2n) is 10.0.